The van der Waals surface area contributed by atoms with Gasteiger partial charge in [0, 0.05) is 25.2 Å². The molecule has 0 saturated carbocycles. The number of hydrogen-bond acceptors (Lipinski definition) is 8. The molecular formula is C24H34N2O8. The summed E-state index contributed by atoms with van der Waals surface area (Å²) in [6.07, 6.45) is -0.595. The summed E-state index contributed by atoms with van der Waals surface area (Å²) in [6, 6.07) is 2.30. The van der Waals surface area contributed by atoms with Crippen molar-refractivity contribution in [2.75, 3.05) is 47.6 Å². The molecule has 0 aromatic heterocycles. The molecule has 0 aliphatic carbocycles. The van der Waals surface area contributed by atoms with E-state index in [1.54, 1.807) is 39.8 Å². The SMILES string of the molecule is C=C(C(=O)OCC)C1CN(C(=O)c2cc(OC)c(OC)c(OC)c2)CCN1C(=O)OC(C)(C)C. The Morgan fingerprint density at radius 2 is 1.62 bits per heavy atom. The molecule has 1 aliphatic rings. The Balaban J connectivity index is 2.37. The van der Waals surface area contributed by atoms with Gasteiger partial charge in [0.15, 0.2) is 11.5 Å². The number of esters is 1. The van der Waals surface area contributed by atoms with Crippen molar-refractivity contribution in [3.8, 4) is 17.2 Å². The summed E-state index contributed by atoms with van der Waals surface area (Å²) in [5.41, 5.74) is -0.355. The molecule has 1 saturated heterocycles. The Labute approximate surface area is 200 Å². The molecule has 1 aliphatic heterocycles. The maximum absolute atomic E-state index is 13.4. The third-order valence-corrected chi connectivity index (χ3v) is 5.15. The molecule has 2 rings (SSSR count). The molecule has 188 valence electrons. The summed E-state index contributed by atoms with van der Waals surface area (Å²) in [5, 5.41) is 0. The third-order valence-electron chi connectivity index (χ3n) is 5.15. The summed E-state index contributed by atoms with van der Waals surface area (Å²) in [4.78, 5) is 41.6. The molecule has 2 amide bonds. The topological polar surface area (TPSA) is 104 Å². The van der Waals surface area contributed by atoms with Crippen LogP contribution in [0.15, 0.2) is 24.3 Å². The maximum Gasteiger partial charge on any atom is 0.410 e. The van der Waals surface area contributed by atoms with Crippen LogP contribution in [0.25, 0.3) is 0 Å². The van der Waals surface area contributed by atoms with Gasteiger partial charge in [0.05, 0.1) is 39.6 Å². The van der Waals surface area contributed by atoms with E-state index in [2.05, 4.69) is 6.58 Å². The van der Waals surface area contributed by atoms with Crippen molar-refractivity contribution in [3.63, 3.8) is 0 Å². The fourth-order valence-electron chi connectivity index (χ4n) is 3.55. The third kappa shape index (κ3) is 6.12. The summed E-state index contributed by atoms with van der Waals surface area (Å²) >= 11 is 0. The Hall–Kier alpha value is -3.43. The van der Waals surface area contributed by atoms with Gasteiger partial charge in [-0.05, 0) is 39.8 Å². The normalized spacial score (nSPS) is 15.9. The molecular weight excluding hydrogens is 444 g/mol. The molecule has 10 heteroatoms. The van der Waals surface area contributed by atoms with Gasteiger partial charge >= 0.3 is 12.1 Å². The van der Waals surface area contributed by atoms with Gasteiger partial charge in [-0.2, -0.15) is 0 Å². The van der Waals surface area contributed by atoms with Gasteiger partial charge in [0.2, 0.25) is 5.75 Å². The predicted octanol–water partition coefficient (Wildman–Crippen LogP) is 2.89. The van der Waals surface area contributed by atoms with E-state index in [-0.39, 0.29) is 37.7 Å². The van der Waals surface area contributed by atoms with E-state index in [0.717, 1.165) is 0 Å². The Morgan fingerprint density at radius 1 is 1.03 bits per heavy atom. The van der Waals surface area contributed by atoms with Crippen LogP contribution in [0.2, 0.25) is 0 Å². The lowest BCUT2D eigenvalue weighted by molar-refractivity contribution is -0.139. The molecule has 0 N–H and O–H groups in total. The number of carbonyl (C=O) groups excluding carboxylic acids is 3. The Morgan fingerprint density at radius 3 is 2.09 bits per heavy atom. The van der Waals surface area contributed by atoms with Crippen LogP contribution in [-0.2, 0) is 14.3 Å². The van der Waals surface area contributed by atoms with E-state index in [4.69, 9.17) is 23.7 Å². The molecule has 1 fully saturated rings. The minimum Gasteiger partial charge on any atom is -0.493 e. The van der Waals surface area contributed by atoms with Gasteiger partial charge in [-0.25, -0.2) is 9.59 Å². The average Bonchev–Trinajstić information content (AvgIpc) is 2.80. The highest BCUT2D eigenvalue weighted by Gasteiger charge is 2.39. The highest BCUT2D eigenvalue weighted by molar-refractivity contribution is 5.96. The molecule has 1 aromatic rings. The Bertz CT molecular complexity index is 912. The second-order valence-electron chi connectivity index (χ2n) is 8.60. The molecule has 1 atom stereocenters. The zero-order valence-electron chi connectivity index (χ0n) is 20.9. The number of piperazine rings is 1. The van der Waals surface area contributed by atoms with Gasteiger partial charge in [0.1, 0.15) is 5.60 Å². The lowest BCUT2D eigenvalue weighted by Crippen LogP contribution is -2.58. The summed E-state index contributed by atoms with van der Waals surface area (Å²) in [5.74, 6) is 0.0768. The first kappa shape index (κ1) is 26.8. The molecule has 34 heavy (non-hydrogen) atoms. The number of amides is 2. The predicted molar refractivity (Wildman–Crippen MR) is 125 cm³/mol. The molecule has 1 unspecified atom stereocenters. The lowest BCUT2D eigenvalue weighted by Gasteiger charge is -2.42. The van der Waals surface area contributed by atoms with Crippen LogP contribution < -0.4 is 14.2 Å². The van der Waals surface area contributed by atoms with E-state index >= 15 is 0 Å². The van der Waals surface area contributed by atoms with Crippen molar-refractivity contribution in [1.82, 2.24) is 9.80 Å². The number of benzene rings is 1. The zero-order chi connectivity index (χ0) is 25.6. The fraction of sp³-hybridized carbons (Fsp3) is 0.542. The van der Waals surface area contributed by atoms with Crippen LogP contribution in [0.5, 0.6) is 17.2 Å². The second-order valence-corrected chi connectivity index (χ2v) is 8.60. The first-order valence-corrected chi connectivity index (χ1v) is 10.9. The van der Waals surface area contributed by atoms with Crippen LogP contribution in [0.1, 0.15) is 38.1 Å². The maximum atomic E-state index is 13.4. The molecule has 1 aromatic carbocycles. The van der Waals surface area contributed by atoms with Crippen LogP contribution in [0, 0.1) is 0 Å². The van der Waals surface area contributed by atoms with Gasteiger partial charge in [-0.3, -0.25) is 9.69 Å². The molecule has 0 bridgehead atoms. The highest BCUT2D eigenvalue weighted by atomic mass is 16.6. The van der Waals surface area contributed by atoms with Gasteiger partial charge in [0.25, 0.3) is 5.91 Å². The largest absolute Gasteiger partial charge is 0.493 e. The van der Waals surface area contributed by atoms with Crippen molar-refractivity contribution in [1.29, 1.82) is 0 Å². The van der Waals surface area contributed by atoms with E-state index in [0.29, 0.717) is 22.8 Å². The van der Waals surface area contributed by atoms with Crippen molar-refractivity contribution >= 4 is 18.0 Å². The van der Waals surface area contributed by atoms with E-state index in [1.807, 2.05) is 0 Å². The highest BCUT2D eigenvalue weighted by Crippen LogP contribution is 2.38. The summed E-state index contributed by atoms with van der Waals surface area (Å²) < 4.78 is 26.6. The number of hydrogen-bond donors (Lipinski definition) is 0. The van der Waals surface area contributed by atoms with Crippen LogP contribution >= 0.6 is 0 Å². The van der Waals surface area contributed by atoms with Crippen molar-refractivity contribution in [2.45, 2.75) is 39.3 Å². The van der Waals surface area contributed by atoms with Gasteiger partial charge in [-0.1, -0.05) is 6.58 Å². The molecule has 0 radical (unpaired) electrons. The van der Waals surface area contributed by atoms with Crippen LogP contribution in [0.3, 0.4) is 0 Å². The van der Waals surface area contributed by atoms with Crippen molar-refractivity contribution < 1.29 is 38.1 Å². The molecule has 10 nitrogen and oxygen atoms in total. The number of methoxy groups -OCH3 is 3. The fourth-order valence-corrected chi connectivity index (χ4v) is 3.55. The van der Waals surface area contributed by atoms with Gasteiger partial charge in [-0.15, -0.1) is 0 Å². The average molecular weight is 479 g/mol. The molecule has 0 spiro atoms. The number of rotatable bonds is 7. The Kier molecular flexibility index (Phi) is 8.78. The first-order chi connectivity index (χ1) is 16.0. The minimum absolute atomic E-state index is 0.0341. The standard InChI is InChI=1S/C24H34N2O8/c1-9-33-22(28)15(2)17-14-25(10-11-26(17)23(29)34-24(3,4)5)21(27)16-12-18(30-6)20(32-8)19(13-16)31-7/h12-13,17H,2,9-11,14H2,1,3-8H3. The van der Waals surface area contributed by atoms with Crippen LogP contribution in [-0.4, -0.2) is 87.0 Å². The number of nitrogens with zero attached hydrogens (tertiary/aromatic N) is 2. The lowest BCUT2D eigenvalue weighted by atomic mass is 10.0. The summed E-state index contributed by atoms with van der Waals surface area (Å²) in [7, 11) is 4.40. The van der Waals surface area contributed by atoms with Gasteiger partial charge < -0.3 is 28.6 Å². The monoisotopic (exact) mass is 478 g/mol. The van der Waals surface area contributed by atoms with Crippen LogP contribution in [0.4, 0.5) is 4.79 Å². The van der Waals surface area contributed by atoms with Crippen molar-refractivity contribution in [2.24, 2.45) is 0 Å². The van der Waals surface area contributed by atoms with E-state index in [9.17, 15) is 14.4 Å². The van der Waals surface area contributed by atoms with E-state index in [1.165, 1.54) is 31.1 Å². The quantitative estimate of drug-likeness (QED) is 0.435. The van der Waals surface area contributed by atoms with E-state index < -0.39 is 23.7 Å². The first-order valence-electron chi connectivity index (χ1n) is 10.9. The minimum atomic E-state index is -0.811. The smallest absolute Gasteiger partial charge is 0.410 e. The number of ether oxygens (including phenoxy) is 5. The van der Waals surface area contributed by atoms with Crippen molar-refractivity contribution in [3.05, 3.63) is 29.8 Å². The zero-order valence-corrected chi connectivity index (χ0v) is 20.9. The molecule has 1 heterocycles. The summed E-state index contributed by atoms with van der Waals surface area (Å²) in [6.45, 7) is 11.4. The second kappa shape index (κ2) is 11.1. The number of carbonyl (C=O) groups is 3.